The fourth-order valence-electron chi connectivity index (χ4n) is 2.95. The Labute approximate surface area is 146 Å². The van der Waals surface area contributed by atoms with E-state index in [1.165, 1.54) is 12.5 Å². The minimum Gasteiger partial charge on any atom is -0.328 e. The highest BCUT2D eigenvalue weighted by Gasteiger charge is 2.28. The number of hydrogen-bond acceptors (Lipinski definition) is 5. The Kier molecular flexibility index (Phi) is 5.72. The van der Waals surface area contributed by atoms with Gasteiger partial charge >= 0.3 is 0 Å². The third-order valence-electron chi connectivity index (χ3n) is 4.18. The average molecular weight is 346 g/mol. The van der Waals surface area contributed by atoms with E-state index in [0.717, 1.165) is 38.0 Å². The molecule has 3 rings (SSSR count). The van der Waals surface area contributed by atoms with Crippen molar-refractivity contribution in [3.8, 4) is 0 Å². The molecule has 0 saturated carbocycles. The van der Waals surface area contributed by atoms with Gasteiger partial charge in [0.25, 0.3) is 5.91 Å². The predicted octanol–water partition coefficient (Wildman–Crippen LogP) is 2.31. The molecule has 1 atom stereocenters. The van der Waals surface area contributed by atoms with Crippen LogP contribution in [0.5, 0.6) is 0 Å². The molecule has 1 amide bonds. The van der Waals surface area contributed by atoms with Crippen LogP contribution in [0.15, 0.2) is 36.9 Å². The first kappa shape index (κ1) is 16.8. The number of pyridine rings is 1. The van der Waals surface area contributed by atoms with E-state index in [1.807, 2.05) is 23.1 Å². The molecule has 6 nitrogen and oxygen atoms in total. The molecule has 0 radical (unpaired) electrons. The van der Waals surface area contributed by atoms with Crippen LogP contribution in [0.1, 0.15) is 35.4 Å². The monoisotopic (exact) mass is 345 g/mol. The highest BCUT2D eigenvalue weighted by Crippen LogP contribution is 2.21. The predicted molar refractivity (Wildman–Crippen MR) is 91.7 cm³/mol. The van der Waals surface area contributed by atoms with Gasteiger partial charge in [0.1, 0.15) is 12.0 Å². The minimum atomic E-state index is -0.167. The summed E-state index contributed by atoms with van der Waals surface area (Å²) >= 11 is 6.14. The Morgan fingerprint density at radius 1 is 1.29 bits per heavy atom. The van der Waals surface area contributed by atoms with Crippen LogP contribution in [-0.4, -0.2) is 44.9 Å². The maximum atomic E-state index is 13.1. The molecule has 126 valence electrons. The molecule has 1 aliphatic rings. The van der Waals surface area contributed by atoms with E-state index in [2.05, 4.69) is 20.3 Å². The summed E-state index contributed by atoms with van der Waals surface area (Å²) in [5, 5.41) is 3.66. The first-order chi connectivity index (χ1) is 11.8. The maximum absolute atomic E-state index is 13.1. The second kappa shape index (κ2) is 8.17. The van der Waals surface area contributed by atoms with Crippen molar-refractivity contribution in [2.45, 2.75) is 31.8 Å². The van der Waals surface area contributed by atoms with E-state index in [1.54, 1.807) is 6.20 Å². The number of rotatable bonds is 4. The zero-order valence-electron chi connectivity index (χ0n) is 13.4. The van der Waals surface area contributed by atoms with E-state index < -0.39 is 0 Å². The fourth-order valence-corrected chi connectivity index (χ4v) is 3.14. The quantitative estimate of drug-likeness (QED) is 0.920. The number of carbonyl (C=O) groups excluding carboxylic acids is 1. The normalized spacial score (nSPS) is 18.0. The van der Waals surface area contributed by atoms with E-state index >= 15 is 0 Å². The molecule has 1 aliphatic heterocycles. The van der Waals surface area contributed by atoms with Crippen molar-refractivity contribution in [1.29, 1.82) is 0 Å². The van der Waals surface area contributed by atoms with Crippen molar-refractivity contribution in [2.24, 2.45) is 0 Å². The Balaban J connectivity index is 1.88. The highest BCUT2D eigenvalue weighted by atomic mass is 35.5. The lowest BCUT2D eigenvalue weighted by Gasteiger charge is -2.30. The number of hydrogen-bond donors (Lipinski definition) is 1. The van der Waals surface area contributed by atoms with E-state index in [0.29, 0.717) is 6.54 Å². The summed E-state index contributed by atoms with van der Waals surface area (Å²) in [6, 6.07) is 5.86. The molecule has 0 aromatic carbocycles. The van der Waals surface area contributed by atoms with Gasteiger partial charge in [-0.25, -0.2) is 9.97 Å². The van der Waals surface area contributed by atoms with Gasteiger partial charge in [0.15, 0.2) is 0 Å². The molecule has 0 aliphatic carbocycles. The first-order valence-electron chi connectivity index (χ1n) is 8.13. The molecule has 1 N–H and O–H groups in total. The van der Waals surface area contributed by atoms with Crippen LogP contribution in [0.4, 0.5) is 0 Å². The molecule has 2 aromatic heterocycles. The van der Waals surface area contributed by atoms with Gasteiger partial charge < -0.3 is 10.2 Å². The number of nitrogens with one attached hydrogen (secondary N) is 1. The van der Waals surface area contributed by atoms with E-state index in [9.17, 15) is 4.79 Å². The lowest BCUT2D eigenvalue weighted by molar-refractivity contribution is 0.0636. The molecule has 1 unspecified atom stereocenters. The van der Waals surface area contributed by atoms with Crippen LogP contribution in [-0.2, 0) is 6.54 Å². The summed E-state index contributed by atoms with van der Waals surface area (Å²) in [7, 11) is 0. The standard InChI is InChI=1S/C17H20ClN5O/c18-15-10-20-12-22-16(15)17(24)23(11-13-4-1-2-8-21-13)14-5-3-7-19-9-6-14/h1-2,4,8,10,12,14,19H,3,5-7,9,11H2. The summed E-state index contributed by atoms with van der Waals surface area (Å²) in [4.78, 5) is 27.2. The van der Waals surface area contributed by atoms with Crippen molar-refractivity contribution in [3.05, 3.63) is 53.3 Å². The topological polar surface area (TPSA) is 71.0 Å². The smallest absolute Gasteiger partial charge is 0.274 e. The number of carbonyl (C=O) groups is 1. The summed E-state index contributed by atoms with van der Waals surface area (Å²) in [6.45, 7) is 2.33. The molecule has 3 heterocycles. The molecular formula is C17H20ClN5O. The third-order valence-corrected chi connectivity index (χ3v) is 4.45. The van der Waals surface area contributed by atoms with Crippen molar-refractivity contribution in [3.63, 3.8) is 0 Å². The second-order valence-corrected chi connectivity index (χ2v) is 6.22. The lowest BCUT2D eigenvalue weighted by Crippen LogP contribution is -2.41. The Morgan fingerprint density at radius 2 is 2.21 bits per heavy atom. The van der Waals surface area contributed by atoms with Crippen molar-refractivity contribution in [2.75, 3.05) is 13.1 Å². The van der Waals surface area contributed by atoms with Crippen LogP contribution in [0.25, 0.3) is 0 Å². The molecule has 1 saturated heterocycles. The number of aromatic nitrogens is 3. The Morgan fingerprint density at radius 3 is 3.00 bits per heavy atom. The summed E-state index contributed by atoms with van der Waals surface area (Å²) in [5.74, 6) is -0.167. The van der Waals surface area contributed by atoms with Gasteiger partial charge in [-0.3, -0.25) is 9.78 Å². The zero-order chi connectivity index (χ0) is 16.8. The van der Waals surface area contributed by atoms with Gasteiger partial charge in [-0.2, -0.15) is 0 Å². The van der Waals surface area contributed by atoms with Gasteiger partial charge in [0, 0.05) is 18.4 Å². The molecular weight excluding hydrogens is 326 g/mol. The first-order valence-corrected chi connectivity index (χ1v) is 8.50. The van der Waals surface area contributed by atoms with E-state index in [4.69, 9.17) is 11.6 Å². The summed E-state index contributed by atoms with van der Waals surface area (Å²) < 4.78 is 0. The average Bonchev–Trinajstić information content (AvgIpc) is 2.90. The molecule has 1 fully saturated rings. The lowest BCUT2D eigenvalue weighted by atomic mass is 10.1. The Bertz CT molecular complexity index is 674. The molecule has 7 heteroatoms. The molecule has 24 heavy (non-hydrogen) atoms. The van der Waals surface area contributed by atoms with E-state index in [-0.39, 0.29) is 22.7 Å². The highest BCUT2D eigenvalue weighted by molar-refractivity contribution is 6.33. The van der Waals surface area contributed by atoms with Crippen molar-refractivity contribution < 1.29 is 4.79 Å². The van der Waals surface area contributed by atoms with Crippen LogP contribution in [0.3, 0.4) is 0 Å². The van der Waals surface area contributed by atoms with Gasteiger partial charge in [0.05, 0.1) is 17.3 Å². The van der Waals surface area contributed by atoms with Crippen LogP contribution < -0.4 is 5.32 Å². The van der Waals surface area contributed by atoms with Crippen LogP contribution >= 0.6 is 11.6 Å². The van der Waals surface area contributed by atoms with Crippen molar-refractivity contribution in [1.82, 2.24) is 25.2 Å². The third kappa shape index (κ3) is 4.07. The van der Waals surface area contributed by atoms with Gasteiger partial charge in [-0.1, -0.05) is 17.7 Å². The molecule has 0 bridgehead atoms. The number of nitrogens with zero attached hydrogens (tertiary/aromatic N) is 4. The second-order valence-electron chi connectivity index (χ2n) is 5.81. The van der Waals surface area contributed by atoms with Crippen LogP contribution in [0.2, 0.25) is 5.02 Å². The summed E-state index contributed by atoms with van der Waals surface area (Å²) in [6.07, 6.45) is 7.44. The number of halogens is 1. The van der Waals surface area contributed by atoms with Gasteiger partial charge in [-0.15, -0.1) is 0 Å². The number of amides is 1. The van der Waals surface area contributed by atoms with Gasteiger partial charge in [-0.05, 0) is 44.5 Å². The molecule has 0 spiro atoms. The summed E-state index contributed by atoms with van der Waals surface area (Å²) in [5.41, 5.74) is 1.10. The van der Waals surface area contributed by atoms with Gasteiger partial charge in [0.2, 0.25) is 0 Å². The Hall–Kier alpha value is -2.05. The fraction of sp³-hybridized carbons (Fsp3) is 0.412. The zero-order valence-corrected chi connectivity index (χ0v) is 14.1. The minimum absolute atomic E-state index is 0.139. The maximum Gasteiger partial charge on any atom is 0.274 e. The van der Waals surface area contributed by atoms with Crippen LogP contribution in [0, 0.1) is 0 Å². The molecule has 2 aromatic rings. The van der Waals surface area contributed by atoms with Crippen molar-refractivity contribution >= 4 is 17.5 Å². The largest absolute Gasteiger partial charge is 0.328 e. The SMILES string of the molecule is O=C(c1ncncc1Cl)N(Cc1ccccn1)C1CCCNCC1.